The van der Waals surface area contributed by atoms with Gasteiger partial charge in [-0.15, -0.1) is 0 Å². The van der Waals surface area contributed by atoms with E-state index in [0.717, 1.165) is 42.6 Å². The molecule has 1 atom stereocenters. The lowest BCUT2D eigenvalue weighted by Gasteiger charge is -2.34. The van der Waals surface area contributed by atoms with Crippen molar-refractivity contribution >= 4 is 6.08 Å². The van der Waals surface area contributed by atoms with E-state index in [1.54, 1.807) is 12.1 Å². The maximum atomic E-state index is 14.4. The second-order valence-corrected chi connectivity index (χ2v) is 10.1. The Labute approximate surface area is 221 Å². The third-order valence-corrected chi connectivity index (χ3v) is 8.03. The highest BCUT2D eigenvalue weighted by molar-refractivity contribution is 5.65. The quantitative estimate of drug-likeness (QED) is 0.108. The third-order valence-electron chi connectivity index (χ3n) is 8.03. The summed E-state index contributed by atoms with van der Waals surface area (Å²) in [7, 11) is 1.48. The second kappa shape index (κ2) is 11.7. The topological polar surface area (TPSA) is 31.0 Å². The molecule has 1 unspecified atom stereocenters. The van der Waals surface area contributed by atoms with Crippen molar-refractivity contribution in [2.75, 3.05) is 20.3 Å². The maximum Gasteiger partial charge on any atom is 0.124 e. The lowest BCUT2D eigenvalue weighted by molar-refractivity contribution is -0.271. The Hall–Kier alpha value is -2.79. The summed E-state index contributed by atoms with van der Waals surface area (Å²) in [5, 5.41) is 0. The van der Waals surface area contributed by atoms with E-state index in [1.807, 2.05) is 6.07 Å². The number of halogens is 1. The van der Waals surface area contributed by atoms with Gasteiger partial charge in [-0.2, -0.15) is 0 Å². The standard InChI is InChI=1S/C33H39FO3/c1-6-32(23-36-32)17-15-26-9-14-30(19-24(26)4)33(7-2,8-3)29-12-10-27(11-13-29)28-20-25(16-18-37-35-5)21-31(34)22-28/h9-15,17,19-22H,6-8,16,18,23H2,1-5H3/b17-15+. The number of aryl methyl sites for hydroxylation is 1. The Bertz CT molecular complexity index is 1220. The summed E-state index contributed by atoms with van der Waals surface area (Å²) >= 11 is 0. The molecule has 3 aromatic rings. The molecule has 1 heterocycles. The highest BCUT2D eigenvalue weighted by Gasteiger charge is 2.39. The van der Waals surface area contributed by atoms with E-state index in [0.29, 0.717) is 13.0 Å². The third kappa shape index (κ3) is 6.04. The average Bonchev–Trinajstić information content (AvgIpc) is 3.70. The molecule has 37 heavy (non-hydrogen) atoms. The minimum absolute atomic E-state index is 0.0520. The molecule has 3 nitrogen and oxygen atoms in total. The van der Waals surface area contributed by atoms with Gasteiger partial charge in [0, 0.05) is 5.41 Å². The van der Waals surface area contributed by atoms with Crippen LogP contribution in [0.4, 0.5) is 4.39 Å². The van der Waals surface area contributed by atoms with Crippen molar-refractivity contribution in [2.24, 2.45) is 0 Å². The molecular weight excluding hydrogens is 463 g/mol. The Morgan fingerprint density at radius 2 is 1.65 bits per heavy atom. The van der Waals surface area contributed by atoms with Crippen LogP contribution in [0.15, 0.2) is 66.7 Å². The molecule has 4 heteroatoms. The first-order chi connectivity index (χ1) is 17.9. The fourth-order valence-electron chi connectivity index (χ4n) is 5.33. The molecule has 196 valence electrons. The largest absolute Gasteiger partial charge is 0.365 e. The van der Waals surface area contributed by atoms with Gasteiger partial charge in [0.2, 0.25) is 0 Å². The first-order valence-electron chi connectivity index (χ1n) is 13.4. The van der Waals surface area contributed by atoms with Crippen LogP contribution < -0.4 is 0 Å². The van der Waals surface area contributed by atoms with Crippen LogP contribution in [0.5, 0.6) is 0 Å². The SMILES string of the molecule is CCC1(/C=C/c2ccc(C(CC)(CC)c3ccc(-c4cc(F)cc(CCOOC)c4)cc3)cc2C)CO1. The molecule has 0 bridgehead atoms. The Morgan fingerprint density at radius 3 is 2.24 bits per heavy atom. The van der Waals surface area contributed by atoms with Gasteiger partial charge >= 0.3 is 0 Å². The number of hydrogen-bond donors (Lipinski definition) is 0. The van der Waals surface area contributed by atoms with E-state index >= 15 is 0 Å². The monoisotopic (exact) mass is 502 g/mol. The first-order valence-corrected chi connectivity index (χ1v) is 13.4. The molecule has 1 saturated heterocycles. The molecule has 0 aliphatic carbocycles. The van der Waals surface area contributed by atoms with Crippen LogP contribution in [-0.4, -0.2) is 25.9 Å². The van der Waals surface area contributed by atoms with Gasteiger partial charge in [-0.3, -0.25) is 0 Å². The van der Waals surface area contributed by atoms with Gasteiger partial charge in [0.05, 0.1) is 20.3 Å². The molecular formula is C33H39FO3. The lowest BCUT2D eigenvalue weighted by Crippen LogP contribution is -2.26. The van der Waals surface area contributed by atoms with Crippen LogP contribution in [0.25, 0.3) is 17.2 Å². The summed E-state index contributed by atoms with van der Waals surface area (Å²) in [6, 6.07) is 20.7. The van der Waals surface area contributed by atoms with E-state index < -0.39 is 0 Å². The summed E-state index contributed by atoms with van der Waals surface area (Å²) in [5.41, 5.74) is 7.75. The Morgan fingerprint density at radius 1 is 0.946 bits per heavy atom. The highest BCUT2D eigenvalue weighted by Crippen LogP contribution is 2.41. The van der Waals surface area contributed by atoms with Crippen LogP contribution in [-0.2, 0) is 26.3 Å². The second-order valence-electron chi connectivity index (χ2n) is 10.1. The first kappa shape index (κ1) is 27.3. The van der Waals surface area contributed by atoms with Gasteiger partial charge in [0.25, 0.3) is 0 Å². The fourth-order valence-corrected chi connectivity index (χ4v) is 5.33. The molecule has 1 aliphatic rings. The molecule has 0 saturated carbocycles. The summed E-state index contributed by atoms with van der Waals surface area (Å²) in [4.78, 5) is 9.62. The lowest BCUT2D eigenvalue weighted by atomic mass is 9.70. The highest BCUT2D eigenvalue weighted by atomic mass is 19.1. The number of ether oxygens (including phenoxy) is 1. The molecule has 0 radical (unpaired) electrons. The normalized spacial score (nSPS) is 17.5. The van der Waals surface area contributed by atoms with E-state index in [-0.39, 0.29) is 16.8 Å². The molecule has 1 aliphatic heterocycles. The minimum Gasteiger partial charge on any atom is -0.365 e. The van der Waals surface area contributed by atoms with Gasteiger partial charge < -0.3 is 4.74 Å². The van der Waals surface area contributed by atoms with Crippen LogP contribution in [0.3, 0.4) is 0 Å². The predicted molar refractivity (Wildman–Crippen MR) is 149 cm³/mol. The summed E-state index contributed by atoms with van der Waals surface area (Å²) in [6.07, 6.45) is 8.00. The molecule has 0 amide bonds. The van der Waals surface area contributed by atoms with Crippen LogP contribution in [0.2, 0.25) is 0 Å². The summed E-state index contributed by atoms with van der Waals surface area (Å²) < 4.78 is 20.0. The smallest absolute Gasteiger partial charge is 0.124 e. The van der Waals surface area contributed by atoms with Crippen molar-refractivity contribution < 1.29 is 18.9 Å². The van der Waals surface area contributed by atoms with Crippen molar-refractivity contribution in [2.45, 2.75) is 64.4 Å². The van der Waals surface area contributed by atoms with Crippen molar-refractivity contribution in [3.8, 4) is 11.1 Å². The molecule has 3 aromatic carbocycles. The molecule has 0 aromatic heterocycles. The molecule has 0 spiro atoms. The van der Waals surface area contributed by atoms with Crippen molar-refractivity contribution in [1.82, 2.24) is 0 Å². The van der Waals surface area contributed by atoms with Gasteiger partial charge in [0.1, 0.15) is 11.4 Å². The van der Waals surface area contributed by atoms with Crippen LogP contribution in [0.1, 0.15) is 67.9 Å². The van der Waals surface area contributed by atoms with Crippen LogP contribution in [0, 0.1) is 12.7 Å². The Balaban J connectivity index is 1.60. The summed E-state index contributed by atoms with van der Waals surface area (Å²) in [5.74, 6) is -0.242. The zero-order valence-electron chi connectivity index (χ0n) is 22.8. The number of benzene rings is 3. The van der Waals surface area contributed by atoms with E-state index in [4.69, 9.17) is 9.62 Å². The molecule has 0 N–H and O–H groups in total. The van der Waals surface area contributed by atoms with Crippen molar-refractivity contribution in [3.63, 3.8) is 0 Å². The van der Waals surface area contributed by atoms with Crippen molar-refractivity contribution in [1.29, 1.82) is 0 Å². The molecule has 4 rings (SSSR count). The van der Waals surface area contributed by atoms with E-state index in [2.05, 4.69) is 87.2 Å². The zero-order valence-corrected chi connectivity index (χ0v) is 22.8. The van der Waals surface area contributed by atoms with Crippen LogP contribution >= 0.6 is 0 Å². The fraction of sp³-hybridized carbons (Fsp3) is 0.394. The van der Waals surface area contributed by atoms with E-state index in [1.165, 1.54) is 29.4 Å². The zero-order chi connectivity index (χ0) is 26.5. The number of hydrogen-bond acceptors (Lipinski definition) is 3. The van der Waals surface area contributed by atoms with E-state index in [9.17, 15) is 4.39 Å². The van der Waals surface area contributed by atoms with Gasteiger partial charge in [-0.05, 0) is 89.8 Å². The minimum atomic E-state index is -0.242. The Kier molecular flexibility index (Phi) is 8.63. The predicted octanol–water partition coefficient (Wildman–Crippen LogP) is 8.22. The number of epoxide rings is 1. The van der Waals surface area contributed by atoms with Crippen molar-refractivity contribution in [3.05, 3.63) is 100 Å². The number of rotatable bonds is 12. The molecule has 1 fully saturated rings. The van der Waals surface area contributed by atoms with Gasteiger partial charge in [-0.1, -0.05) is 75.4 Å². The summed E-state index contributed by atoms with van der Waals surface area (Å²) in [6.45, 7) is 10.1. The van der Waals surface area contributed by atoms with Gasteiger partial charge in [-0.25, -0.2) is 14.2 Å². The maximum absolute atomic E-state index is 14.4. The van der Waals surface area contributed by atoms with Gasteiger partial charge in [0.15, 0.2) is 0 Å². The average molecular weight is 503 g/mol.